The Hall–Kier alpha value is -3.76. The highest BCUT2D eigenvalue weighted by Crippen LogP contribution is 2.38. The summed E-state index contributed by atoms with van der Waals surface area (Å²) in [6.45, 7) is 6.27. The van der Waals surface area contributed by atoms with Crippen molar-refractivity contribution in [2.45, 2.75) is 83.7 Å². The molecule has 2 heterocycles. The zero-order valence-corrected chi connectivity index (χ0v) is 25.3. The monoisotopic (exact) mass is 604 g/mol. The molecule has 0 radical (unpaired) electrons. The summed E-state index contributed by atoms with van der Waals surface area (Å²) in [5.41, 5.74) is 2.11. The third-order valence-corrected chi connectivity index (χ3v) is 7.69. The lowest BCUT2D eigenvalue weighted by molar-refractivity contribution is -0.147. The molecule has 2 fully saturated rings. The molecule has 2 saturated heterocycles. The first-order chi connectivity index (χ1) is 21.6. The van der Waals surface area contributed by atoms with Gasteiger partial charge in [-0.3, -0.25) is 4.90 Å². The number of amides is 1. The van der Waals surface area contributed by atoms with E-state index in [1.807, 2.05) is 91.0 Å². The highest BCUT2D eigenvalue weighted by molar-refractivity contribution is 5.84. The molecule has 44 heavy (non-hydrogen) atoms. The van der Waals surface area contributed by atoms with E-state index in [0.717, 1.165) is 21.6 Å². The van der Waals surface area contributed by atoms with E-state index >= 15 is 0 Å². The molecule has 1 N–H and O–H groups in total. The number of benzene rings is 3. The van der Waals surface area contributed by atoms with Gasteiger partial charge in [-0.05, 0) is 16.7 Å². The van der Waals surface area contributed by atoms with Crippen LogP contribution < -0.4 is 0 Å². The molecule has 5 rings (SSSR count). The quantitative estimate of drug-likeness (QED) is 0.259. The van der Waals surface area contributed by atoms with Gasteiger partial charge in [0.05, 0.1) is 33.9 Å². The average Bonchev–Trinajstić information content (AvgIpc) is 3.48. The first-order valence-corrected chi connectivity index (χ1v) is 14.9. The Labute approximate surface area is 260 Å². The lowest BCUT2D eigenvalue weighted by atomic mass is 9.93. The maximum Gasteiger partial charge on any atom is 0.410 e. The van der Waals surface area contributed by atoms with Crippen molar-refractivity contribution in [3.63, 3.8) is 0 Å². The zero-order chi connectivity index (χ0) is 32.0. The van der Waals surface area contributed by atoms with Crippen molar-refractivity contribution in [3.8, 4) is 0 Å². The summed E-state index contributed by atoms with van der Waals surface area (Å²) in [5, 5.41) is 10.2. The second-order valence-corrected chi connectivity index (χ2v) is 12.2. The molecule has 0 aliphatic carbocycles. The van der Waals surface area contributed by atoms with Crippen molar-refractivity contribution >= 4 is 12.1 Å². The van der Waals surface area contributed by atoms with Crippen LogP contribution >= 0.6 is 0 Å². The fourth-order valence-corrected chi connectivity index (χ4v) is 5.52. The van der Waals surface area contributed by atoms with Gasteiger partial charge in [-0.15, -0.1) is 0 Å². The number of carboxylic acid groups (broad SMARTS) is 1. The minimum Gasteiger partial charge on any atom is -0.465 e. The van der Waals surface area contributed by atoms with Crippen LogP contribution in [0.4, 0.5) is 4.79 Å². The standard InChI is InChI=1S/C35H41NO8/c1-35(2,3)33-36(34(38)39)27(32(37)44-33)19-28-30(41-21-25-15-9-5-10-16-25)31(42-22-26-17-11-6-12-18-26)29(43-28)23-40-20-24-13-7-4-8-14-24/h4-18,27-31,33H,19-23H2,1-3H3,(H,38,39)/t27-,28-,29+,30-,31+,33-/m0/s1/i27D. The predicted molar refractivity (Wildman–Crippen MR) is 162 cm³/mol. The highest BCUT2D eigenvalue weighted by atomic mass is 16.6. The third kappa shape index (κ3) is 7.84. The Morgan fingerprint density at radius 3 is 1.77 bits per heavy atom. The zero-order valence-electron chi connectivity index (χ0n) is 26.3. The molecule has 3 aromatic rings. The van der Waals surface area contributed by atoms with Crippen LogP contribution in [0.2, 0.25) is 0 Å². The Balaban J connectivity index is 1.43. The summed E-state index contributed by atoms with van der Waals surface area (Å²) < 4.78 is 40.3. The van der Waals surface area contributed by atoms with Gasteiger partial charge in [-0.1, -0.05) is 112 Å². The number of ether oxygens (including phenoxy) is 5. The first-order valence-electron chi connectivity index (χ1n) is 15.4. The van der Waals surface area contributed by atoms with Crippen LogP contribution in [0.5, 0.6) is 0 Å². The van der Waals surface area contributed by atoms with E-state index in [1.165, 1.54) is 0 Å². The number of carbonyl (C=O) groups excluding carboxylic acids is 1. The van der Waals surface area contributed by atoms with Gasteiger partial charge in [-0.2, -0.15) is 0 Å². The molecule has 1 amide bonds. The van der Waals surface area contributed by atoms with E-state index in [2.05, 4.69) is 0 Å². The lowest BCUT2D eigenvalue weighted by Gasteiger charge is -2.33. The number of rotatable bonds is 12. The van der Waals surface area contributed by atoms with Gasteiger partial charge < -0.3 is 28.8 Å². The number of carbonyl (C=O) groups is 2. The van der Waals surface area contributed by atoms with Crippen LogP contribution in [0.1, 0.15) is 45.3 Å². The van der Waals surface area contributed by atoms with Crippen molar-refractivity contribution < 1.29 is 39.8 Å². The summed E-state index contributed by atoms with van der Waals surface area (Å²) in [6, 6.07) is 26.8. The summed E-state index contributed by atoms with van der Waals surface area (Å²) in [5.74, 6) is -0.944. The Kier molecular flexibility index (Phi) is 9.87. The predicted octanol–water partition coefficient (Wildman–Crippen LogP) is 5.81. The SMILES string of the molecule is [2H][C@]1(C[C@@H]2O[C@H](COCc3ccccc3)[C@@H](OCc3ccccc3)[C@H]2OCc2ccccc2)C(=O)O[C@@H](C(C)(C)C)N1C(=O)O. The van der Waals surface area contributed by atoms with E-state index in [9.17, 15) is 16.1 Å². The summed E-state index contributed by atoms with van der Waals surface area (Å²) >= 11 is 0. The Morgan fingerprint density at radius 2 is 1.30 bits per heavy atom. The Morgan fingerprint density at radius 1 is 0.818 bits per heavy atom. The molecule has 2 aliphatic rings. The normalized spacial score (nSPS) is 27.2. The van der Waals surface area contributed by atoms with Gasteiger partial charge in [0.2, 0.25) is 0 Å². The molecule has 234 valence electrons. The largest absolute Gasteiger partial charge is 0.465 e. The van der Waals surface area contributed by atoms with Gasteiger partial charge in [0.15, 0.2) is 6.23 Å². The minimum atomic E-state index is -2.26. The van der Waals surface area contributed by atoms with Crippen LogP contribution in [0.25, 0.3) is 0 Å². The van der Waals surface area contributed by atoms with Crippen LogP contribution in [-0.4, -0.2) is 65.3 Å². The number of hydrogen-bond acceptors (Lipinski definition) is 7. The molecule has 0 unspecified atom stereocenters. The van der Waals surface area contributed by atoms with E-state index in [4.69, 9.17) is 23.7 Å². The molecule has 9 heteroatoms. The fourth-order valence-electron chi connectivity index (χ4n) is 5.52. The molecule has 0 aromatic heterocycles. The van der Waals surface area contributed by atoms with Gasteiger partial charge >= 0.3 is 12.1 Å². The Bertz CT molecular complexity index is 1400. The third-order valence-electron chi connectivity index (χ3n) is 7.69. The molecule has 6 atom stereocenters. The molecule has 0 bridgehead atoms. The first kappa shape index (κ1) is 30.3. The molecule has 9 nitrogen and oxygen atoms in total. The smallest absolute Gasteiger partial charge is 0.410 e. The van der Waals surface area contributed by atoms with Gasteiger partial charge in [0, 0.05) is 11.8 Å². The van der Waals surface area contributed by atoms with Crippen LogP contribution in [-0.2, 0) is 48.3 Å². The second-order valence-electron chi connectivity index (χ2n) is 12.2. The van der Waals surface area contributed by atoms with Crippen molar-refractivity contribution in [2.75, 3.05) is 6.61 Å². The summed E-state index contributed by atoms with van der Waals surface area (Å²) in [7, 11) is 0. The molecule has 0 saturated carbocycles. The molecule has 3 aromatic carbocycles. The van der Waals surface area contributed by atoms with Crippen molar-refractivity contribution in [1.82, 2.24) is 4.90 Å². The molecule has 0 spiro atoms. The lowest BCUT2D eigenvalue weighted by Crippen LogP contribution is -2.49. The number of nitrogens with zero attached hydrogens (tertiary/aromatic N) is 1. The van der Waals surface area contributed by atoms with E-state index in [-0.39, 0.29) is 26.2 Å². The summed E-state index contributed by atoms with van der Waals surface area (Å²) in [4.78, 5) is 26.6. The average molecular weight is 605 g/mol. The van der Waals surface area contributed by atoms with Crippen molar-refractivity contribution in [2.24, 2.45) is 5.41 Å². The topological polar surface area (TPSA) is 104 Å². The van der Waals surface area contributed by atoms with Crippen LogP contribution in [0.3, 0.4) is 0 Å². The van der Waals surface area contributed by atoms with E-state index in [0.29, 0.717) is 6.61 Å². The van der Waals surface area contributed by atoms with Crippen molar-refractivity contribution in [3.05, 3.63) is 108 Å². The number of hydrogen-bond donors (Lipinski definition) is 1. The molecular formula is C35H41NO8. The number of esters is 1. The maximum atomic E-state index is 13.3. The fraction of sp³-hybridized carbons (Fsp3) is 0.429. The van der Waals surface area contributed by atoms with Crippen molar-refractivity contribution in [1.29, 1.82) is 0 Å². The minimum absolute atomic E-state index is 0.152. The highest BCUT2D eigenvalue weighted by Gasteiger charge is 2.54. The molecular weight excluding hydrogens is 562 g/mol. The van der Waals surface area contributed by atoms with Gasteiger partial charge in [0.1, 0.15) is 24.3 Å². The summed E-state index contributed by atoms with van der Waals surface area (Å²) in [6.07, 6.45) is -5.78. The van der Waals surface area contributed by atoms with Crippen LogP contribution in [0, 0.1) is 5.41 Å². The van der Waals surface area contributed by atoms with Crippen LogP contribution in [0.15, 0.2) is 91.0 Å². The van der Waals surface area contributed by atoms with Gasteiger partial charge in [-0.25, -0.2) is 9.59 Å². The maximum absolute atomic E-state index is 13.3. The second kappa shape index (κ2) is 14.3. The number of cyclic esters (lactones) is 1. The molecule has 2 aliphatic heterocycles. The van der Waals surface area contributed by atoms with E-state index < -0.39 is 54.1 Å². The van der Waals surface area contributed by atoms with Gasteiger partial charge in [0.25, 0.3) is 0 Å². The van der Waals surface area contributed by atoms with E-state index in [1.54, 1.807) is 20.8 Å².